The van der Waals surface area contributed by atoms with Crippen LogP contribution in [0.2, 0.25) is 0 Å². The molecule has 1 atom stereocenters. The standard InChI is InChI=1S/C11H19N5/c1-8(2)9-4-3-7-16(9)10-5-6-13-11(14-10)15-12/h5-6,8-9H,3-4,7,12H2,1-2H3,(H,13,14,15). The number of rotatable bonds is 3. The molecule has 16 heavy (non-hydrogen) atoms. The second-order valence-electron chi connectivity index (χ2n) is 4.53. The second kappa shape index (κ2) is 4.65. The molecule has 1 unspecified atom stereocenters. The SMILES string of the molecule is CC(C)C1CCCN1c1ccnc(NN)n1. The number of hydrogen-bond acceptors (Lipinski definition) is 5. The molecule has 1 saturated heterocycles. The van der Waals surface area contributed by atoms with E-state index in [4.69, 9.17) is 5.84 Å². The minimum Gasteiger partial charge on any atom is -0.353 e. The van der Waals surface area contributed by atoms with Crippen molar-refractivity contribution in [2.24, 2.45) is 11.8 Å². The quantitative estimate of drug-likeness (QED) is 0.596. The number of nitrogens with two attached hydrogens (primary N) is 1. The normalized spacial score (nSPS) is 20.5. The molecule has 0 spiro atoms. The van der Waals surface area contributed by atoms with Gasteiger partial charge in [0, 0.05) is 18.8 Å². The van der Waals surface area contributed by atoms with Crippen molar-refractivity contribution in [2.75, 3.05) is 16.9 Å². The summed E-state index contributed by atoms with van der Waals surface area (Å²) in [5.74, 6) is 7.41. The van der Waals surface area contributed by atoms with Crippen LogP contribution in [0.1, 0.15) is 26.7 Å². The lowest BCUT2D eigenvalue weighted by atomic mass is 10.0. The molecule has 3 N–H and O–H groups in total. The summed E-state index contributed by atoms with van der Waals surface area (Å²) in [5, 5.41) is 0. The van der Waals surface area contributed by atoms with Crippen LogP contribution < -0.4 is 16.2 Å². The van der Waals surface area contributed by atoms with E-state index in [1.165, 1.54) is 12.8 Å². The van der Waals surface area contributed by atoms with E-state index >= 15 is 0 Å². The van der Waals surface area contributed by atoms with Crippen LogP contribution in [0.5, 0.6) is 0 Å². The van der Waals surface area contributed by atoms with Gasteiger partial charge in [-0.2, -0.15) is 4.98 Å². The molecule has 2 rings (SSSR count). The van der Waals surface area contributed by atoms with E-state index in [0.717, 1.165) is 12.4 Å². The van der Waals surface area contributed by atoms with E-state index in [1.54, 1.807) is 6.20 Å². The van der Waals surface area contributed by atoms with Gasteiger partial charge in [-0.05, 0) is 24.8 Å². The van der Waals surface area contributed by atoms with Gasteiger partial charge in [-0.15, -0.1) is 0 Å². The highest BCUT2D eigenvalue weighted by atomic mass is 15.3. The molecule has 0 radical (unpaired) electrons. The predicted octanol–water partition coefficient (Wildman–Crippen LogP) is 1.39. The van der Waals surface area contributed by atoms with Crippen molar-refractivity contribution in [3.8, 4) is 0 Å². The van der Waals surface area contributed by atoms with Gasteiger partial charge in [0.25, 0.3) is 0 Å². The van der Waals surface area contributed by atoms with Gasteiger partial charge in [-0.1, -0.05) is 13.8 Å². The maximum Gasteiger partial charge on any atom is 0.239 e. The topological polar surface area (TPSA) is 67.1 Å². The van der Waals surface area contributed by atoms with Gasteiger partial charge in [0.1, 0.15) is 5.82 Å². The maximum absolute atomic E-state index is 5.32. The molecule has 5 nitrogen and oxygen atoms in total. The molecule has 1 fully saturated rings. The highest BCUT2D eigenvalue weighted by Gasteiger charge is 2.28. The summed E-state index contributed by atoms with van der Waals surface area (Å²) in [6.07, 6.45) is 4.22. The number of anilines is 2. The van der Waals surface area contributed by atoms with Crippen molar-refractivity contribution in [2.45, 2.75) is 32.7 Å². The van der Waals surface area contributed by atoms with Gasteiger partial charge < -0.3 is 4.90 Å². The van der Waals surface area contributed by atoms with E-state index in [9.17, 15) is 0 Å². The summed E-state index contributed by atoms with van der Waals surface area (Å²) in [7, 11) is 0. The number of nitrogens with zero attached hydrogens (tertiary/aromatic N) is 3. The number of hydrogen-bond donors (Lipinski definition) is 2. The molecule has 5 heteroatoms. The fourth-order valence-corrected chi connectivity index (χ4v) is 2.35. The van der Waals surface area contributed by atoms with Crippen LogP contribution in [-0.4, -0.2) is 22.6 Å². The van der Waals surface area contributed by atoms with Crippen LogP contribution in [0.25, 0.3) is 0 Å². The Balaban J connectivity index is 2.22. The highest BCUT2D eigenvalue weighted by Crippen LogP contribution is 2.28. The van der Waals surface area contributed by atoms with E-state index in [1.807, 2.05) is 6.07 Å². The van der Waals surface area contributed by atoms with Crippen LogP contribution in [-0.2, 0) is 0 Å². The third-order valence-electron chi connectivity index (χ3n) is 3.13. The second-order valence-corrected chi connectivity index (χ2v) is 4.53. The Kier molecular flexibility index (Phi) is 3.24. The van der Waals surface area contributed by atoms with Gasteiger partial charge in [0.05, 0.1) is 0 Å². The summed E-state index contributed by atoms with van der Waals surface area (Å²) in [6.45, 7) is 5.59. The number of hydrazine groups is 1. The number of nitrogens with one attached hydrogen (secondary N) is 1. The molecule has 1 aromatic rings. The Labute approximate surface area is 96.0 Å². The van der Waals surface area contributed by atoms with Crippen molar-refractivity contribution in [3.05, 3.63) is 12.3 Å². The Hall–Kier alpha value is -1.36. The van der Waals surface area contributed by atoms with Crippen molar-refractivity contribution in [3.63, 3.8) is 0 Å². The summed E-state index contributed by atoms with van der Waals surface area (Å²) in [4.78, 5) is 10.8. The lowest BCUT2D eigenvalue weighted by Gasteiger charge is -2.28. The fourth-order valence-electron chi connectivity index (χ4n) is 2.35. The van der Waals surface area contributed by atoms with Gasteiger partial charge in [0.15, 0.2) is 0 Å². The average molecular weight is 221 g/mol. The summed E-state index contributed by atoms with van der Waals surface area (Å²) in [6, 6.07) is 2.53. The summed E-state index contributed by atoms with van der Waals surface area (Å²) >= 11 is 0. The molecule has 0 saturated carbocycles. The Bertz CT molecular complexity index is 352. The van der Waals surface area contributed by atoms with Gasteiger partial charge in [0.2, 0.25) is 5.95 Å². The predicted molar refractivity (Wildman–Crippen MR) is 65.0 cm³/mol. The van der Waals surface area contributed by atoms with Crippen LogP contribution in [0.4, 0.5) is 11.8 Å². The Morgan fingerprint density at radius 2 is 2.38 bits per heavy atom. The largest absolute Gasteiger partial charge is 0.353 e. The number of aromatic nitrogens is 2. The molecule has 0 aromatic carbocycles. The van der Waals surface area contributed by atoms with Gasteiger partial charge >= 0.3 is 0 Å². The van der Waals surface area contributed by atoms with Crippen molar-refractivity contribution >= 4 is 11.8 Å². The van der Waals surface area contributed by atoms with E-state index in [-0.39, 0.29) is 0 Å². The first-order valence-corrected chi connectivity index (χ1v) is 5.78. The molecular formula is C11H19N5. The molecule has 1 aromatic heterocycles. The lowest BCUT2D eigenvalue weighted by Crippen LogP contribution is -2.34. The third kappa shape index (κ3) is 2.09. The molecule has 0 amide bonds. The molecule has 1 aliphatic heterocycles. The summed E-state index contributed by atoms with van der Waals surface area (Å²) in [5.41, 5.74) is 2.49. The van der Waals surface area contributed by atoms with E-state index in [0.29, 0.717) is 17.9 Å². The molecule has 2 heterocycles. The zero-order valence-corrected chi connectivity index (χ0v) is 9.85. The van der Waals surface area contributed by atoms with E-state index < -0.39 is 0 Å². The highest BCUT2D eigenvalue weighted by molar-refractivity contribution is 5.44. The van der Waals surface area contributed by atoms with Crippen molar-refractivity contribution in [1.29, 1.82) is 0 Å². The molecule has 0 aliphatic carbocycles. The molecular weight excluding hydrogens is 202 g/mol. The Morgan fingerprint density at radius 1 is 1.56 bits per heavy atom. The molecule has 88 valence electrons. The van der Waals surface area contributed by atoms with Crippen LogP contribution in [0, 0.1) is 5.92 Å². The zero-order chi connectivity index (χ0) is 11.5. The molecule has 0 bridgehead atoms. The zero-order valence-electron chi connectivity index (χ0n) is 9.85. The third-order valence-corrected chi connectivity index (χ3v) is 3.13. The number of nitrogen functional groups attached to an aromatic ring is 1. The monoisotopic (exact) mass is 221 g/mol. The summed E-state index contributed by atoms with van der Waals surface area (Å²) < 4.78 is 0. The van der Waals surface area contributed by atoms with Gasteiger partial charge in [-0.3, -0.25) is 5.43 Å². The minimum atomic E-state index is 0.479. The van der Waals surface area contributed by atoms with E-state index in [2.05, 4.69) is 34.1 Å². The smallest absolute Gasteiger partial charge is 0.239 e. The van der Waals surface area contributed by atoms with Crippen molar-refractivity contribution in [1.82, 2.24) is 9.97 Å². The first kappa shape index (κ1) is 11.1. The fraction of sp³-hybridized carbons (Fsp3) is 0.636. The first-order valence-electron chi connectivity index (χ1n) is 5.78. The van der Waals surface area contributed by atoms with Crippen molar-refractivity contribution < 1.29 is 0 Å². The van der Waals surface area contributed by atoms with Gasteiger partial charge in [-0.25, -0.2) is 10.8 Å². The Morgan fingerprint density at radius 3 is 3.06 bits per heavy atom. The first-order chi connectivity index (χ1) is 7.72. The van der Waals surface area contributed by atoms with Crippen LogP contribution in [0.15, 0.2) is 12.3 Å². The van der Waals surface area contributed by atoms with Crippen LogP contribution >= 0.6 is 0 Å². The minimum absolute atomic E-state index is 0.479. The van der Waals surface area contributed by atoms with Crippen LogP contribution in [0.3, 0.4) is 0 Å². The maximum atomic E-state index is 5.32. The lowest BCUT2D eigenvalue weighted by molar-refractivity contribution is 0.489. The molecule has 1 aliphatic rings. The average Bonchev–Trinajstić information content (AvgIpc) is 2.78.